The van der Waals surface area contributed by atoms with Gasteiger partial charge in [0.2, 0.25) is 5.78 Å². The van der Waals surface area contributed by atoms with E-state index in [2.05, 4.69) is 4.90 Å². The molecule has 1 aliphatic heterocycles. The first-order valence-corrected chi connectivity index (χ1v) is 13.8. The average Bonchev–Trinajstić information content (AvgIpc) is 3.58. The van der Waals surface area contributed by atoms with Gasteiger partial charge in [-0.2, -0.15) is 0 Å². The summed E-state index contributed by atoms with van der Waals surface area (Å²) in [7, 11) is 3.65. The van der Waals surface area contributed by atoms with E-state index in [1.165, 1.54) is 0 Å². The van der Waals surface area contributed by atoms with Gasteiger partial charge in [-0.3, -0.25) is 19.3 Å². The highest BCUT2D eigenvalue weighted by molar-refractivity contribution is 6.22. The number of amides is 1. The third kappa shape index (κ3) is 3.98. The Morgan fingerprint density at radius 2 is 1.85 bits per heavy atom. The fourth-order valence-electron chi connectivity index (χ4n) is 7.02. The van der Waals surface area contributed by atoms with E-state index >= 15 is 0 Å². The topological polar surface area (TPSA) is 178 Å². The van der Waals surface area contributed by atoms with E-state index in [-0.39, 0.29) is 36.1 Å². The molecule has 11 heteroatoms. The highest BCUT2D eigenvalue weighted by Gasteiger charge is 2.60. The summed E-state index contributed by atoms with van der Waals surface area (Å²) < 4.78 is 6.11. The number of furan rings is 1. The monoisotopic (exact) mass is 563 g/mol. The van der Waals surface area contributed by atoms with Gasteiger partial charge < -0.3 is 35.5 Å². The van der Waals surface area contributed by atoms with Crippen molar-refractivity contribution in [2.24, 2.45) is 17.6 Å². The van der Waals surface area contributed by atoms with Crippen LogP contribution >= 0.6 is 0 Å². The molecule has 1 aromatic heterocycles. The maximum absolute atomic E-state index is 13.8. The number of aromatic hydroxyl groups is 1. The molecule has 3 aliphatic carbocycles. The molecular weight excluding hydrogens is 530 g/mol. The second-order valence-corrected chi connectivity index (χ2v) is 11.7. The zero-order valence-electron chi connectivity index (χ0n) is 22.9. The number of anilines is 1. The van der Waals surface area contributed by atoms with Crippen molar-refractivity contribution in [3.63, 3.8) is 0 Å². The van der Waals surface area contributed by atoms with Gasteiger partial charge in [-0.25, -0.2) is 0 Å². The van der Waals surface area contributed by atoms with Crippen LogP contribution in [0, 0.1) is 11.8 Å². The SMILES string of the molecule is CN(C)c1cc(-c2ccc(CN3CCCC3)o2)c(O)c2c1CC1CC3CC(=O)C(C(N)=O)=C(O)C3(O)C(=O)C1=C2O. The van der Waals surface area contributed by atoms with Gasteiger partial charge in [0.25, 0.3) is 5.91 Å². The minimum Gasteiger partial charge on any atom is -0.508 e. The summed E-state index contributed by atoms with van der Waals surface area (Å²) in [5.41, 5.74) is 3.35. The molecule has 11 nitrogen and oxygen atoms in total. The van der Waals surface area contributed by atoms with Crippen molar-refractivity contribution in [2.75, 3.05) is 32.1 Å². The molecule has 0 bridgehead atoms. The summed E-state index contributed by atoms with van der Waals surface area (Å²) >= 11 is 0. The molecule has 4 aliphatic rings. The number of rotatable bonds is 5. The number of phenols is 1. The highest BCUT2D eigenvalue weighted by Crippen LogP contribution is 2.54. The number of likely N-dealkylation sites (tertiary alicyclic amines) is 1. The van der Waals surface area contributed by atoms with Crippen molar-refractivity contribution in [1.29, 1.82) is 0 Å². The number of nitrogens with zero attached hydrogens (tertiary/aromatic N) is 2. The van der Waals surface area contributed by atoms with Crippen LogP contribution in [0.2, 0.25) is 0 Å². The lowest BCUT2D eigenvalue weighted by Crippen LogP contribution is -2.58. The Balaban J connectivity index is 1.48. The van der Waals surface area contributed by atoms with Crippen LogP contribution in [0.3, 0.4) is 0 Å². The van der Waals surface area contributed by atoms with E-state index in [1.807, 2.05) is 25.1 Å². The number of hydrogen-bond donors (Lipinski definition) is 5. The van der Waals surface area contributed by atoms with Crippen molar-refractivity contribution in [3.05, 3.63) is 52.0 Å². The quantitative estimate of drug-likeness (QED) is 0.339. The third-order valence-electron chi connectivity index (χ3n) is 9.03. The van der Waals surface area contributed by atoms with Crippen LogP contribution in [0.4, 0.5) is 5.69 Å². The van der Waals surface area contributed by atoms with E-state index in [9.17, 15) is 34.8 Å². The van der Waals surface area contributed by atoms with E-state index < -0.39 is 52.0 Å². The van der Waals surface area contributed by atoms with Crippen LogP contribution in [0.1, 0.15) is 42.6 Å². The van der Waals surface area contributed by atoms with E-state index in [0.29, 0.717) is 29.1 Å². The standard InChI is InChI=1S/C30H33N3O8/c1-32(2)19-12-18(21-6-5-16(41-21)13-33-7-3-4-8-33)25(35)23-17(19)10-14-9-15-11-20(34)24(29(31)39)28(38)30(15,40)27(37)22(14)26(23)36/h5-6,12,14-15,35-36,38,40H,3-4,7-11,13H2,1-2H3,(H2,31,39). The smallest absolute Gasteiger partial charge is 0.255 e. The van der Waals surface area contributed by atoms with Gasteiger partial charge in [0, 0.05) is 37.7 Å². The largest absolute Gasteiger partial charge is 0.508 e. The Morgan fingerprint density at radius 1 is 1.15 bits per heavy atom. The minimum absolute atomic E-state index is 0.0378. The van der Waals surface area contributed by atoms with Crippen molar-refractivity contribution in [2.45, 2.75) is 44.2 Å². The second kappa shape index (κ2) is 9.49. The van der Waals surface area contributed by atoms with Crippen molar-refractivity contribution in [3.8, 4) is 17.1 Å². The van der Waals surface area contributed by atoms with Gasteiger partial charge >= 0.3 is 0 Å². The highest BCUT2D eigenvalue weighted by atomic mass is 16.4. The summed E-state index contributed by atoms with van der Waals surface area (Å²) in [6.07, 6.45) is 2.24. The lowest BCUT2D eigenvalue weighted by atomic mass is 9.59. The number of benzene rings is 1. The molecule has 2 fully saturated rings. The molecule has 2 aromatic rings. The first kappa shape index (κ1) is 27.1. The molecule has 0 radical (unpaired) electrons. The first-order chi connectivity index (χ1) is 19.4. The van der Waals surface area contributed by atoms with Gasteiger partial charge in [-0.15, -0.1) is 0 Å². The van der Waals surface area contributed by atoms with Crippen LogP contribution in [0.15, 0.2) is 39.5 Å². The number of nitrogens with two attached hydrogens (primary N) is 1. The number of carbonyl (C=O) groups is 3. The van der Waals surface area contributed by atoms with Gasteiger partial charge in [-0.1, -0.05) is 0 Å². The molecule has 1 saturated carbocycles. The van der Waals surface area contributed by atoms with Gasteiger partial charge in [0.05, 0.1) is 17.7 Å². The van der Waals surface area contributed by atoms with Gasteiger partial charge in [0.15, 0.2) is 11.4 Å². The summed E-state index contributed by atoms with van der Waals surface area (Å²) in [5, 5.41) is 45.4. The molecule has 3 unspecified atom stereocenters. The number of Topliss-reactive ketones (excluding diaryl/α,β-unsaturated/α-hetero) is 2. The molecular formula is C30H33N3O8. The van der Waals surface area contributed by atoms with Gasteiger partial charge in [0.1, 0.15) is 34.4 Å². The second-order valence-electron chi connectivity index (χ2n) is 11.7. The molecule has 1 amide bonds. The van der Waals surface area contributed by atoms with Crippen molar-refractivity contribution in [1.82, 2.24) is 4.90 Å². The van der Waals surface area contributed by atoms with E-state index in [0.717, 1.165) is 31.7 Å². The van der Waals surface area contributed by atoms with E-state index in [1.54, 1.807) is 12.1 Å². The van der Waals surface area contributed by atoms with Crippen LogP contribution in [0.25, 0.3) is 17.1 Å². The molecule has 6 N–H and O–H groups in total. The Morgan fingerprint density at radius 3 is 2.51 bits per heavy atom. The maximum Gasteiger partial charge on any atom is 0.255 e. The summed E-state index contributed by atoms with van der Waals surface area (Å²) in [5.74, 6) is -5.39. The molecule has 2 heterocycles. The normalized spacial score (nSPS) is 26.2. The Bertz CT molecular complexity index is 1560. The number of phenolic OH excluding ortho intramolecular Hbond substituents is 1. The maximum atomic E-state index is 13.8. The number of hydrogen-bond acceptors (Lipinski definition) is 10. The van der Waals surface area contributed by atoms with Crippen molar-refractivity contribution >= 4 is 28.9 Å². The molecule has 1 aromatic carbocycles. The third-order valence-corrected chi connectivity index (χ3v) is 9.03. The summed E-state index contributed by atoms with van der Waals surface area (Å²) in [4.78, 5) is 42.4. The van der Waals surface area contributed by atoms with Crippen LogP contribution < -0.4 is 10.6 Å². The average molecular weight is 564 g/mol. The number of aliphatic hydroxyl groups excluding tert-OH is 2. The minimum atomic E-state index is -2.60. The lowest BCUT2D eigenvalue weighted by molar-refractivity contribution is -0.147. The molecule has 41 heavy (non-hydrogen) atoms. The van der Waals surface area contributed by atoms with Crippen molar-refractivity contribution < 1.29 is 39.2 Å². The summed E-state index contributed by atoms with van der Waals surface area (Å²) in [6, 6.07) is 5.39. The first-order valence-electron chi connectivity index (χ1n) is 13.8. The fourth-order valence-corrected chi connectivity index (χ4v) is 7.02. The zero-order valence-corrected chi connectivity index (χ0v) is 22.9. The lowest BCUT2D eigenvalue weighted by Gasteiger charge is -2.46. The molecule has 6 rings (SSSR count). The Hall–Kier alpha value is -4.09. The van der Waals surface area contributed by atoms with Crippen LogP contribution in [-0.4, -0.2) is 75.6 Å². The number of fused-ring (bicyclic) bond motifs is 3. The number of ketones is 2. The van der Waals surface area contributed by atoms with Crippen LogP contribution in [-0.2, 0) is 27.3 Å². The molecule has 3 atom stereocenters. The predicted molar refractivity (Wildman–Crippen MR) is 148 cm³/mol. The molecule has 1 saturated heterocycles. The number of primary amides is 1. The van der Waals surface area contributed by atoms with Gasteiger partial charge in [-0.05, 0) is 68.5 Å². The van der Waals surface area contributed by atoms with E-state index in [4.69, 9.17) is 10.2 Å². The Kier molecular flexibility index (Phi) is 6.27. The summed E-state index contributed by atoms with van der Waals surface area (Å²) in [6.45, 7) is 2.63. The number of carbonyl (C=O) groups excluding carboxylic acids is 3. The number of aliphatic hydroxyl groups is 3. The zero-order chi connectivity index (χ0) is 29.4. The Labute approximate surface area is 236 Å². The predicted octanol–water partition coefficient (Wildman–Crippen LogP) is 2.35. The molecule has 0 spiro atoms. The molecule has 216 valence electrons. The fraction of sp³-hybridized carbons (Fsp3) is 0.433. The van der Waals surface area contributed by atoms with Crippen LogP contribution in [0.5, 0.6) is 5.75 Å².